The van der Waals surface area contributed by atoms with Crippen molar-refractivity contribution >= 4 is 17.9 Å². The number of carbonyl (C=O) groups is 2. The molecule has 7 nitrogen and oxygen atoms in total. The van der Waals surface area contributed by atoms with E-state index in [4.69, 9.17) is 9.15 Å². The predicted molar refractivity (Wildman–Crippen MR) is 134 cm³/mol. The van der Waals surface area contributed by atoms with Crippen molar-refractivity contribution in [1.82, 2.24) is 14.8 Å². The molecule has 3 heterocycles. The molecule has 1 fully saturated rings. The van der Waals surface area contributed by atoms with Gasteiger partial charge in [-0.15, -0.1) is 0 Å². The van der Waals surface area contributed by atoms with E-state index in [2.05, 4.69) is 11.1 Å². The Balaban J connectivity index is 1.45. The Kier molecular flexibility index (Phi) is 7.98. The lowest BCUT2D eigenvalue weighted by Crippen LogP contribution is -2.48. The molecule has 182 valence electrons. The molecular weight excluding hydrogens is 442 g/mol. The summed E-state index contributed by atoms with van der Waals surface area (Å²) in [5.41, 5.74) is 2.00. The molecule has 4 rings (SSSR count). The second-order valence-corrected chi connectivity index (χ2v) is 8.80. The second kappa shape index (κ2) is 11.5. The summed E-state index contributed by atoms with van der Waals surface area (Å²) in [4.78, 5) is 33.6. The first-order valence-electron chi connectivity index (χ1n) is 11.9. The molecule has 0 spiro atoms. The molecule has 0 N–H and O–H groups in total. The number of aromatic nitrogens is 1. The van der Waals surface area contributed by atoms with Crippen LogP contribution in [0.15, 0.2) is 77.7 Å². The van der Waals surface area contributed by atoms with E-state index in [-0.39, 0.29) is 23.8 Å². The molecule has 1 atom stereocenters. The zero-order chi connectivity index (χ0) is 24.6. The Morgan fingerprint density at radius 1 is 1.20 bits per heavy atom. The van der Waals surface area contributed by atoms with Crippen molar-refractivity contribution < 1.29 is 18.7 Å². The number of furan rings is 1. The molecule has 2 aromatic heterocycles. The van der Waals surface area contributed by atoms with Gasteiger partial charge in [-0.3, -0.25) is 14.6 Å². The summed E-state index contributed by atoms with van der Waals surface area (Å²) in [5.74, 6) is 1.23. The largest absolute Gasteiger partial charge is 0.497 e. The van der Waals surface area contributed by atoms with E-state index in [1.807, 2.05) is 42.3 Å². The van der Waals surface area contributed by atoms with Crippen molar-refractivity contribution in [2.45, 2.75) is 25.3 Å². The van der Waals surface area contributed by atoms with Crippen LogP contribution in [0.2, 0.25) is 0 Å². The number of piperidine rings is 1. The smallest absolute Gasteiger partial charge is 0.289 e. The number of ether oxygens (including phenoxy) is 1. The summed E-state index contributed by atoms with van der Waals surface area (Å²) >= 11 is 0. The van der Waals surface area contributed by atoms with Crippen LogP contribution in [-0.2, 0) is 11.2 Å². The van der Waals surface area contributed by atoms with Crippen LogP contribution in [0.25, 0.3) is 6.08 Å². The normalized spacial score (nSPS) is 15.2. The van der Waals surface area contributed by atoms with Crippen molar-refractivity contribution in [2.24, 2.45) is 5.92 Å². The highest BCUT2D eigenvalue weighted by Gasteiger charge is 2.33. The Labute approximate surface area is 206 Å². The van der Waals surface area contributed by atoms with Crippen molar-refractivity contribution in [3.63, 3.8) is 0 Å². The van der Waals surface area contributed by atoms with E-state index in [1.54, 1.807) is 48.7 Å². The summed E-state index contributed by atoms with van der Waals surface area (Å²) in [7, 11) is 3.49. The third-order valence-electron chi connectivity index (χ3n) is 6.63. The fourth-order valence-corrected chi connectivity index (χ4v) is 4.64. The van der Waals surface area contributed by atoms with Crippen LogP contribution in [0.4, 0.5) is 0 Å². The molecule has 7 heteroatoms. The zero-order valence-electron chi connectivity index (χ0n) is 20.2. The Morgan fingerprint density at radius 2 is 2.03 bits per heavy atom. The van der Waals surface area contributed by atoms with Crippen LogP contribution in [0.1, 0.15) is 34.5 Å². The van der Waals surface area contributed by atoms with Crippen LogP contribution in [0.3, 0.4) is 0 Å². The van der Waals surface area contributed by atoms with Gasteiger partial charge in [-0.05, 0) is 72.7 Å². The Hall–Kier alpha value is -3.87. The average Bonchev–Trinajstić information content (AvgIpc) is 3.45. The summed E-state index contributed by atoms with van der Waals surface area (Å²) < 4.78 is 10.8. The van der Waals surface area contributed by atoms with Crippen molar-refractivity contribution in [3.8, 4) is 5.75 Å². The topological polar surface area (TPSA) is 75.9 Å². The summed E-state index contributed by atoms with van der Waals surface area (Å²) in [6.45, 7) is 1.30. The maximum atomic E-state index is 13.1. The molecule has 1 unspecified atom stereocenters. The lowest BCUT2D eigenvalue weighted by molar-refractivity contribution is -0.127. The van der Waals surface area contributed by atoms with E-state index in [9.17, 15) is 9.59 Å². The molecule has 2 amide bonds. The minimum absolute atomic E-state index is 0.00309. The standard InChI is InChI=1S/C28H31N3O4/c1-30(28(33)26-9-5-17-35-26)25(19-22-6-3-8-24(18-22)34-2)23-12-15-31(16-13-23)27(32)11-10-21-7-4-14-29-20-21/h3-11,14,17-18,20,23,25H,12-13,15-16,19H2,1-2H3. The average molecular weight is 474 g/mol. The van der Waals surface area contributed by atoms with Crippen LogP contribution in [0, 0.1) is 5.92 Å². The number of hydrogen-bond acceptors (Lipinski definition) is 5. The number of nitrogens with zero attached hydrogens (tertiary/aromatic N) is 3. The number of hydrogen-bond donors (Lipinski definition) is 0. The molecule has 1 aliphatic rings. The van der Waals surface area contributed by atoms with Gasteiger partial charge in [0.2, 0.25) is 5.91 Å². The van der Waals surface area contributed by atoms with Crippen molar-refractivity contribution in [3.05, 3.63) is 90.2 Å². The Morgan fingerprint density at radius 3 is 2.71 bits per heavy atom. The molecule has 1 saturated heterocycles. The SMILES string of the molecule is COc1cccc(CC(C2CCN(C(=O)C=Cc3cccnc3)CC2)N(C)C(=O)c2ccco2)c1. The number of carbonyl (C=O) groups excluding carboxylic acids is 2. The number of pyridine rings is 1. The molecule has 0 bridgehead atoms. The fourth-order valence-electron chi connectivity index (χ4n) is 4.64. The minimum atomic E-state index is -0.138. The second-order valence-electron chi connectivity index (χ2n) is 8.80. The number of rotatable bonds is 8. The highest BCUT2D eigenvalue weighted by Crippen LogP contribution is 2.28. The van der Waals surface area contributed by atoms with E-state index in [1.165, 1.54) is 6.26 Å². The zero-order valence-corrected chi connectivity index (χ0v) is 20.2. The number of methoxy groups -OCH3 is 1. The molecule has 1 aromatic carbocycles. The minimum Gasteiger partial charge on any atom is -0.497 e. The van der Waals surface area contributed by atoms with Gasteiger partial charge in [0, 0.05) is 44.6 Å². The first kappa shape index (κ1) is 24.3. The monoisotopic (exact) mass is 473 g/mol. The summed E-state index contributed by atoms with van der Waals surface area (Å²) in [5, 5.41) is 0. The third kappa shape index (κ3) is 6.18. The van der Waals surface area contributed by atoms with Crippen LogP contribution in [-0.4, -0.2) is 59.9 Å². The van der Waals surface area contributed by atoms with Gasteiger partial charge in [0.05, 0.1) is 13.4 Å². The lowest BCUT2D eigenvalue weighted by atomic mass is 9.84. The number of likely N-dealkylation sites (tertiary alicyclic amines) is 1. The number of amides is 2. The van der Waals surface area contributed by atoms with Crippen molar-refractivity contribution in [2.75, 3.05) is 27.2 Å². The van der Waals surface area contributed by atoms with E-state index in [0.29, 0.717) is 25.3 Å². The van der Waals surface area contributed by atoms with E-state index >= 15 is 0 Å². The fraction of sp³-hybridized carbons (Fsp3) is 0.321. The molecule has 0 saturated carbocycles. The van der Waals surface area contributed by atoms with E-state index < -0.39 is 0 Å². The molecule has 1 aliphatic heterocycles. The van der Waals surface area contributed by atoms with Crippen LogP contribution < -0.4 is 4.74 Å². The van der Waals surface area contributed by atoms with Gasteiger partial charge in [-0.1, -0.05) is 18.2 Å². The maximum Gasteiger partial charge on any atom is 0.289 e. The predicted octanol–water partition coefficient (Wildman–Crippen LogP) is 4.32. The molecule has 35 heavy (non-hydrogen) atoms. The maximum absolute atomic E-state index is 13.1. The third-order valence-corrected chi connectivity index (χ3v) is 6.63. The molecular formula is C28H31N3O4. The lowest BCUT2D eigenvalue weighted by Gasteiger charge is -2.39. The number of likely N-dealkylation sites (N-methyl/N-ethyl adjacent to an activating group) is 1. The van der Waals surface area contributed by atoms with Crippen LogP contribution >= 0.6 is 0 Å². The molecule has 0 aliphatic carbocycles. The quantitative estimate of drug-likeness (QED) is 0.456. The summed E-state index contributed by atoms with van der Waals surface area (Å²) in [6.07, 6.45) is 10.7. The van der Waals surface area contributed by atoms with Gasteiger partial charge >= 0.3 is 0 Å². The van der Waals surface area contributed by atoms with Gasteiger partial charge in [-0.25, -0.2) is 0 Å². The number of benzene rings is 1. The highest BCUT2D eigenvalue weighted by molar-refractivity contribution is 5.92. The first-order chi connectivity index (χ1) is 17.0. The van der Waals surface area contributed by atoms with Crippen molar-refractivity contribution in [1.29, 1.82) is 0 Å². The molecule has 0 radical (unpaired) electrons. The van der Waals surface area contributed by atoms with Gasteiger partial charge < -0.3 is 19.0 Å². The Bertz CT molecular complexity index is 1140. The van der Waals surface area contributed by atoms with Gasteiger partial charge in [0.1, 0.15) is 5.75 Å². The van der Waals surface area contributed by atoms with Gasteiger partial charge in [0.15, 0.2) is 5.76 Å². The van der Waals surface area contributed by atoms with Crippen LogP contribution in [0.5, 0.6) is 5.75 Å². The highest BCUT2D eigenvalue weighted by atomic mass is 16.5. The summed E-state index contributed by atoms with van der Waals surface area (Å²) in [6, 6.07) is 15.1. The van der Waals surface area contributed by atoms with Gasteiger partial charge in [-0.2, -0.15) is 0 Å². The first-order valence-corrected chi connectivity index (χ1v) is 11.9. The van der Waals surface area contributed by atoms with E-state index in [0.717, 1.165) is 29.7 Å². The van der Waals surface area contributed by atoms with Gasteiger partial charge in [0.25, 0.3) is 5.91 Å². The molecule has 3 aromatic rings.